The van der Waals surface area contributed by atoms with Crippen LogP contribution < -0.4 is 14.8 Å². The predicted molar refractivity (Wildman–Crippen MR) is 147 cm³/mol. The van der Waals surface area contributed by atoms with Crippen LogP contribution in [0.3, 0.4) is 0 Å². The number of carbonyl (C=O) groups excluding carboxylic acids is 1. The maximum absolute atomic E-state index is 14.1. The van der Waals surface area contributed by atoms with Crippen molar-refractivity contribution in [3.63, 3.8) is 0 Å². The summed E-state index contributed by atoms with van der Waals surface area (Å²) in [6, 6.07) is 8.14. The van der Waals surface area contributed by atoms with E-state index in [9.17, 15) is 40.3 Å². The Bertz CT molecular complexity index is 1760. The lowest BCUT2D eigenvalue weighted by Crippen LogP contribution is -2.12. The third-order valence-electron chi connectivity index (χ3n) is 5.39. The number of carbonyl (C=O) groups is 1. The number of aliphatic hydroxyl groups is 1. The number of ether oxygens (including phenoxy) is 1. The van der Waals surface area contributed by atoms with Gasteiger partial charge in [0.05, 0.1) is 35.2 Å². The van der Waals surface area contributed by atoms with Gasteiger partial charge in [-0.3, -0.25) is 9.52 Å². The average Bonchev–Trinajstić information content (AvgIpc) is 3.30. The number of aromatic nitrogens is 1. The van der Waals surface area contributed by atoms with Crippen molar-refractivity contribution in [2.45, 2.75) is 19.4 Å². The lowest BCUT2D eigenvalue weighted by molar-refractivity contribution is -0.137. The van der Waals surface area contributed by atoms with Gasteiger partial charge in [-0.2, -0.15) is 13.2 Å². The Morgan fingerprint density at radius 3 is 2.43 bits per heavy atom. The van der Waals surface area contributed by atoms with Crippen LogP contribution in [-0.4, -0.2) is 30.7 Å². The predicted octanol–water partition coefficient (Wildman–Crippen LogP) is 6.46. The number of nitrogens with zero attached hydrogens (tertiary/aromatic N) is 1. The SMILES string of the molecule is CS(=O)(=O)Nc1cc(Cl)cc(NC(=O)c2cc(-c3ncc(F)cc3OCc3cc(F)cc(C(F)(F)F)c3)c(CO)s2)c1. The fourth-order valence-electron chi connectivity index (χ4n) is 3.78. The van der Waals surface area contributed by atoms with E-state index in [-0.39, 0.29) is 48.7 Å². The molecule has 0 aliphatic rings. The summed E-state index contributed by atoms with van der Waals surface area (Å²) in [7, 11) is -3.63. The average molecular weight is 648 g/mol. The van der Waals surface area contributed by atoms with Gasteiger partial charge in [-0.05, 0) is 48.0 Å². The largest absolute Gasteiger partial charge is 0.487 e. The first-order valence-electron chi connectivity index (χ1n) is 11.6. The van der Waals surface area contributed by atoms with E-state index < -0.39 is 52.5 Å². The Labute approximate surface area is 244 Å². The van der Waals surface area contributed by atoms with Gasteiger partial charge in [0.25, 0.3) is 5.91 Å². The number of sulfonamides is 1. The van der Waals surface area contributed by atoms with E-state index in [0.29, 0.717) is 12.1 Å². The second-order valence-corrected chi connectivity index (χ2v) is 12.1. The molecule has 16 heteroatoms. The molecule has 2 aromatic carbocycles. The van der Waals surface area contributed by atoms with Crippen molar-refractivity contribution in [3.05, 3.63) is 92.3 Å². The van der Waals surface area contributed by atoms with Gasteiger partial charge in [0.1, 0.15) is 29.7 Å². The van der Waals surface area contributed by atoms with E-state index in [1.54, 1.807) is 0 Å². The smallest absolute Gasteiger partial charge is 0.416 e. The van der Waals surface area contributed by atoms with Gasteiger partial charge < -0.3 is 15.2 Å². The van der Waals surface area contributed by atoms with Crippen molar-refractivity contribution in [1.82, 2.24) is 4.98 Å². The number of hydrogen-bond acceptors (Lipinski definition) is 7. The van der Waals surface area contributed by atoms with Crippen LogP contribution >= 0.6 is 22.9 Å². The van der Waals surface area contributed by atoms with Gasteiger partial charge in [0.15, 0.2) is 0 Å². The number of thiophene rings is 1. The Morgan fingerprint density at radius 2 is 1.76 bits per heavy atom. The number of amides is 1. The van der Waals surface area contributed by atoms with Crippen LogP contribution in [-0.2, 0) is 29.4 Å². The molecule has 0 spiro atoms. The molecule has 1 amide bonds. The third-order valence-corrected chi connectivity index (χ3v) is 7.33. The van der Waals surface area contributed by atoms with Gasteiger partial charge >= 0.3 is 6.18 Å². The first-order valence-corrected chi connectivity index (χ1v) is 14.7. The third kappa shape index (κ3) is 7.94. The standard InChI is InChI=1S/C26H19ClF5N3O5S2/c1-42(38,39)35-19-6-15(27)5-18(8-19)34-25(37)22-9-20(23(11-36)41-22)24-21(7-17(29)10-33-24)40-12-13-2-14(26(30,31)32)4-16(28)3-13/h2-10,35-36H,11-12H2,1H3,(H,34,37). The number of benzene rings is 2. The number of anilines is 2. The molecule has 0 saturated heterocycles. The monoisotopic (exact) mass is 647 g/mol. The Kier molecular flexibility index (Phi) is 9.06. The molecule has 4 aromatic rings. The molecule has 4 rings (SSSR count). The van der Waals surface area contributed by atoms with Gasteiger partial charge in [-0.15, -0.1) is 11.3 Å². The molecule has 0 unspecified atom stereocenters. The minimum atomic E-state index is -4.80. The van der Waals surface area contributed by atoms with Crippen LogP contribution in [0.15, 0.2) is 54.7 Å². The molecule has 2 heterocycles. The summed E-state index contributed by atoms with van der Waals surface area (Å²) < 4.78 is 98.0. The summed E-state index contributed by atoms with van der Waals surface area (Å²) in [5.74, 6) is -2.89. The Balaban J connectivity index is 1.62. The topological polar surface area (TPSA) is 118 Å². The normalized spacial score (nSPS) is 11.8. The molecule has 3 N–H and O–H groups in total. The number of rotatable bonds is 9. The van der Waals surface area contributed by atoms with Crippen LogP contribution in [0.2, 0.25) is 5.02 Å². The first kappa shape index (κ1) is 31.2. The van der Waals surface area contributed by atoms with E-state index in [1.807, 2.05) is 0 Å². The van der Waals surface area contributed by atoms with E-state index in [2.05, 4.69) is 15.0 Å². The number of pyridine rings is 1. The molecule has 2 aromatic heterocycles. The molecule has 0 fully saturated rings. The molecule has 0 saturated carbocycles. The second-order valence-electron chi connectivity index (χ2n) is 8.80. The zero-order valence-corrected chi connectivity index (χ0v) is 23.6. The molecule has 42 heavy (non-hydrogen) atoms. The summed E-state index contributed by atoms with van der Waals surface area (Å²) in [6.45, 7) is -1.15. The molecule has 8 nitrogen and oxygen atoms in total. The van der Waals surface area contributed by atoms with E-state index in [4.69, 9.17) is 16.3 Å². The molecule has 0 aliphatic carbocycles. The van der Waals surface area contributed by atoms with Crippen LogP contribution in [0, 0.1) is 11.6 Å². The van der Waals surface area contributed by atoms with E-state index in [0.717, 1.165) is 35.9 Å². The van der Waals surface area contributed by atoms with Crippen molar-refractivity contribution in [1.29, 1.82) is 0 Å². The van der Waals surface area contributed by atoms with Gasteiger partial charge in [-0.1, -0.05) is 11.6 Å². The highest BCUT2D eigenvalue weighted by Crippen LogP contribution is 2.37. The molecule has 0 aliphatic heterocycles. The van der Waals surface area contributed by atoms with Gasteiger partial charge in [0, 0.05) is 27.2 Å². The molecule has 222 valence electrons. The summed E-state index contributed by atoms with van der Waals surface area (Å²) in [5, 5.41) is 12.6. The molecule has 0 atom stereocenters. The summed E-state index contributed by atoms with van der Waals surface area (Å²) in [5.41, 5.74) is -1.03. The summed E-state index contributed by atoms with van der Waals surface area (Å²) >= 11 is 6.90. The Morgan fingerprint density at radius 1 is 1.05 bits per heavy atom. The maximum Gasteiger partial charge on any atom is 0.416 e. The number of hydrogen-bond donors (Lipinski definition) is 3. The van der Waals surface area contributed by atoms with Crippen LogP contribution in [0.4, 0.5) is 33.3 Å². The quantitative estimate of drug-likeness (QED) is 0.180. The van der Waals surface area contributed by atoms with Gasteiger partial charge in [-0.25, -0.2) is 22.2 Å². The van der Waals surface area contributed by atoms with E-state index in [1.165, 1.54) is 24.3 Å². The van der Waals surface area contributed by atoms with Crippen LogP contribution in [0.1, 0.15) is 25.7 Å². The van der Waals surface area contributed by atoms with Crippen molar-refractivity contribution in [3.8, 4) is 17.0 Å². The number of halogens is 6. The van der Waals surface area contributed by atoms with E-state index >= 15 is 0 Å². The zero-order chi connectivity index (χ0) is 30.8. The number of alkyl halides is 3. The number of aliphatic hydroxyl groups excluding tert-OH is 1. The maximum atomic E-state index is 14.1. The first-order chi connectivity index (χ1) is 19.6. The number of nitrogens with one attached hydrogen (secondary N) is 2. The molecular formula is C26H19ClF5N3O5S2. The summed E-state index contributed by atoms with van der Waals surface area (Å²) in [6.07, 6.45) is -3.02. The van der Waals surface area contributed by atoms with Crippen LogP contribution in [0.25, 0.3) is 11.3 Å². The van der Waals surface area contributed by atoms with Crippen molar-refractivity contribution >= 4 is 50.2 Å². The van der Waals surface area contributed by atoms with Crippen LogP contribution in [0.5, 0.6) is 5.75 Å². The van der Waals surface area contributed by atoms with Crippen molar-refractivity contribution in [2.24, 2.45) is 0 Å². The zero-order valence-electron chi connectivity index (χ0n) is 21.2. The fourth-order valence-corrected chi connectivity index (χ4v) is 5.47. The molecule has 0 radical (unpaired) electrons. The fraction of sp³-hybridized carbons (Fsp3) is 0.154. The van der Waals surface area contributed by atoms with Crippen molar-refractivity contribution < 1.29 is 45.0 Å². The minimum absolute atomic E-state index is 0.0365. The van der Waals surface area contributed by atoms with Crippen molar-refractivity contribution in [2.75, 3.05) is 16.3 Å². The highest BCUT2D eigenvalue weighted by Gasteiger charge is 2.31. The second kappa shape index (κ2) is 12.2. The Hall–Kier alpha value is -3.79. The summed E-state index contributed by atoms with van der Waals surface area (Å²) in [4.78, 5) is 17.3. The highest BCUT2D eigenvalue weighted by atomic mass is 35.5. The lowest BCUT2D eigenvalue weighted by atomic mass is 10.1. The lowest BCUT2D eigenvalue weighted by Gasteiger charge is -2.13. The molecular weight excluding hydrogens is 629 g/mol. The molecule has 0 bridgehead atoms. The highest BCUT2D eigenvalue weighted by molar-refractivity contribution is 7.92. The minimum Gasteiger partial charge on any atom is -0.487 e. The van der Waals surface area contributed by atoms with Gasteiger partial charge in [0.2, 0.25) is 10.0 Å².